The maximum Gasteiger partial charge on any atom is 0.124 e. The minimum atomic E-state index is -0.325. The SMILES string of the molecule is OC1CCCC1Oc1ccc2c(c1)CC[C@@H]2O. The van der Waals surface area contributed by atoms with Crippen LogP contribution in [0.1, 0.15) is 42.9 Å². The molecule has 0 heterocycles. The van der Waals surface area contributed by atoms with E-state index in [1.165, 1.54) is 5.56 Å². The Bertz CT molecular complexity index is 416. The minimum absolute atomic E-state index is 0.0561. The van der Waals surface area contributed by atoms with E-state index >= 15 is 0 Å². The second-order valence-electron chi connectivity index (χ2n) is 5.07. The topological polar surface area (TPSA) is 49.7 Å². The summed E-state index contributed by atoms with van der Waals surface area (Å²) in [6.45, 7) is 0. The maximum atomic E-state index is 9.72. The van der Waals surface area contributed by atoms with E-state index < -0.39 is 0 Å². The lowest BCUT2D eigenvalue weighted by molar-refractivity contribution is 0.0603. The highest BCUT2D eigenvalue weighted by atomic mass is 16.5. The Morgan fingerprint density at radius 2 is 2.00 bits per heavy atom. The Balaban J connectivity index is 1.76. The lowest BCUT2D eigenvalue weighted by Crippen LogP contribution is -2.25. The summed E-state index contributed by atoms with van der Waals surface area (Å²) in [6, 6.07) is 5.86. The van der Waals surface area contributed by atoms with Gasteiger partial charge in [0.05, 0.1) is 12.2 Å². The van der Waals surface area contributed by atoms with Crippen LogP contribution in [0.3, 0.4) is 0 Å². The molecule has 1 saturated carbocycles. The molecule has 1 aromatic rings. The number of aliphatic hydroxyl groups excluding tert-OH is 2. The van der Waals surface area contributed by atoms with Crippen LogP contribution < -0.4 is 4.74 Å². The first-order chi connectivity index (χ1) is 8.24. The lowest BCUT2D eigenvalue weighted by atomic mass is 10.1. The Morgan fingerprint density at radius 3 is 2.76 bits per heavy atom. The molecule has 3 atom stereocenters. The van der Waals surface area contributed by atoms with E-state index in [9.17, 15) is 10.2 Å². The lowest BCUT2D eigenvalue weighted by Gasteiger charge is -2.17. The van der Waals surface area contributed by atoms with Crippen LogP contribution >= 0.6 is 0 Å². The minimum Gasteiger partial charge on any atom is -0.488 e. The van der Waals surface area contributed by atoms with Crippen molar-refractivity contribution in [1.29, 1.82) is 0 Å². The van der Waals surface area contributed by atoms with Gasteiger partial charge in [0.15, 0.2) is 0 Å². The standard InChI is InChI=1S/C14H18O3/c15-12-7-4-9-8-10(5-6-11(9)12)17-14-3-1-2-13(14)16/h5-6,8,12-16H,1-4,7H2/t12-,13?,14?/m0/s1. The molecule has 2 unspecified atom stereocenters. The van der Waals surface area contributed by atoms with E-state index in [2.05, 4.69) is 0 Å². The van der Waals surface area contributed by atoms with Gasteiger partial charge >= 0.3 is 0 Å². The summed E-state index contributed by atoms with van der Waals surface area (Å²) in [5, 5.41) is 19.4. The van der Waals surface area contributed by atoms with Crippen LogP contribution in [-0.2, 0) is 6.42 Å². The van der Waals surface area contributed by atoms with Crippen LogP contribution in [0.15, 0.2) is 18.2 Å². The zero-order valence-electron chi connectivity index (χ0n) is 9.80. The molecule has 3 nitrogen and oxygen atoms in total. The molecule has 3 heteroatoms. The first kappa shape index (κ1) is 11.1. The predicted molar refractivity (Wildman–Crippen MR) is 64.0 cm³/mol. The Hall–Kier alpha value is -1.06. The van der Waals surface area contributed by atoms with Gasteiger partial charge < -0.3 is 14.9 Å². The van der Waals surface area contributed by atoms with Crippen molar-refractivity contribution >= 4 is 0 Å². The molecular formula is C14H18O3. The molecule has 0 saturated heterocycles. The molecule has 2 aliphatic carbocycles. The van der Waals surface area contributed by atoms with Crippen molar-refractivity contribution in [2.24, 2.45) is 0 Å². The van der Waals surface area contributed by atoms with Gasteiger partial charge in [-0.1, -0.05) is 6.07 Å². The molecule has 17 heavy (non-hydrogen) atoms. The highest BCUT2D eigenvalue weighted by molar-refractivity contribution is 5.40. The molecule has 0 bridgehead atoms. The molecule has 2 N–H and O–H groups in total. The number of aliphatic hydroxyl groups is 2. The average molecular weight is 234 g/mol. The summed E-state index contributed by atoms with van der Waals surface area (Å²) in [4.78, 5) is 0. The van der Waals surface area contributed by atoms with Crippen molar-refractivity contribution in [2.75, 3.05) is 0 Å². The van der Waals surface area contributed by atoms with Crippen molar-refractivity contribution in [1.82, 2.24) is 0 Å². The third kappa shape index (κ3) is 2.05. The van der Waals surface area contributed by atoms with Crippen molar-refractivity contribution in [3.63, 3.8) is 0 Å². The molecule has 92 valence electrons. The van der Waals surface area contributed by atoms with E-state index in [1.54, 1.807) is 0 Å². The quantitative estimate of drug-likeness (QED) is 0.822. The summed E-state index contributed by atoms with van der Waals surface area (Å²) < 4.78 is 5.82. The first-order valence-corrected chi connectivity index (χ1v) is 6.39. The third-order valence-corrected chi connectivity index (χ3v) is 3.87. The van der Waals surface area contributed by atoms with Crippen LogP contribution in [0.4, 0.5) is 0 Å². The fraction of sp³-hybridized carbons (Fsp3) is 0.571. The molecule has 0 radical (unpaired) electrons. The van der Waals surface area contributed by atoms with Crippen molar-refractivity contribution in [3.8, 4) is 5.75 Å². The number of rotatable bonds is 2. The smallest absolute Gasteiger partial charge is 0.124 e. The summed E-state index contributed by atoms with van der Waals surface area (Å²) in [5.74, 6) is 0.823. The summed E-state index contributed by atoms with van der Waals surface area (Å²) in [6.07, 6.45) is 3.85. The highest BCUT2D eigenvalue weighted by Gasteiger charge is 2.27. The molecule has 0 amide bonds. The Labute approximate surface area is 101 Å². The van der Waals surface area contributed by atoms with Crippen LogP contribution in [0.2, 0.25) is 0 Å². The summed E-state index contributed by atoms with van der Waals surface area (Å²) >= 11 is 0. The maximum absolute atomic E-state index is 9.72. The normalized spacial score (nSPS) is 31.5. The second-order valence-corrected chi connectivity index (χ2v) is 5.07. The Kier molecular flexibility index (Phi) is 2.81. The van der Waals surface area contributed by atoms with Crippen molar-refractivity contribution in [2.45, 2.75) is 50.4 Å². The number of hydrogen-bond donors (Lipinski definition) is 2. The molecule has 0 spiro atoms. The van der Waals surface area contributed by atoms with Crippen LogP contribution in [0.25, 0.3) is 0 Å². The predicted octanol–water partition coefficient (Wildman–Crippen LogP) is 1.96. The van der Waals surface area contributed by atoms with Crippen LogP contribution in [0.5, 0.6) is 5.75 Å². The zero-order valence-corrected chi connectivity index (χ0v) is 9.80. The fourth-order valence-electron chi connectivity index (χ4n) is 2.86. The average Bonchev–Trinajstić information content (AvgIpc) is 2.87. The number of benzene rings is 1. The van der Waals surface area contributed by atoms with E-state index in [0.717, 1.165) is 43.4 Å². The van der Waals surface area contributed by atoms with Crippen LogP contribution in [0, 0.1) is 0 Å². The van der Waals surface area contributed by atoms with Gasteiger partial charge in [0.1, 0.15) is 11.9 Å². The molecule has 0 aromatic heterocycles. The fourth-order valence-corrected chi connectivity index (χ4v) is 2.86. The van der Waals surface area contributed by atoms with Gasteiger partial charge in [-0.05, 0) is 55.4 Å². The summed E-state index contributed by atoms with van der Waals surface area (Å²) in [5.41, 5.74) is 2.21. The molecule has 0 aliphatic heterocycles. The van der Waals surface area contributed by atoms with Crippen molar-refractivity contribution < 1.29 is 14.9 Å². The van der Waals surface area contributed by atoms with E-state index in [4.69, 9.17) is 4.74 Å². The van der Waals surface area contributed by atoms with E-state index in [0.29, 0.717) is 0 Å². The van der Waals surface area contributed by atoms with E-state index in [-0.39, 0.29) is 18.3 Å². The largest absolute Gasteiger partial charge is 0.488 e. The zero-order chi connectivity index (χ0) is 11.8. The molecule has 1 fully saturated rings. The molecule has 2 aliphatic rings. The molecule has 1 aromatic carbocycles. The van der Waals surface area contributed by atoms with Gasteiger partial charge in [-0.2, -0.15) is 0 Å². The second kappa shape index (κ2) is 4.31. The van der Waals surface area contributed by atoms with Gasteiger partial charge in [-0.25, -0.2) is 0 Å². The van der Waals surface area contributed by atoms with Crippen molar-refractivity contribution in [3.05, 3.63) is 29.3 Å². The monoisotopic (exact) mass is 234 g/mol. The highest BCUT2D eigenvalue weighted by Crippen LogP contribution is 2.34. The van der Waals surface area contributed by atoms with Gasteiger partial charge in [0.2, 0.25) is 0 Å². The van der Waals surface area contributed by atoms with Crippen LogP contribution in [-0.4, -0.2) is 22.4 Å². The van der Waals surface area contributed by atoms with E-state index in [1.807, 2.05) is 18.2 Å². The third-order valence-electron chi connectivity index (χ3n) is 3.87. The number of fused-ring (bicyclic) bond motifs is 1. The first-order valence-electron chi connectivity index (χ1n) is 6.39. The summed E-state index contributed by atoms with van der Waals surface area (Å²) in [7, 11) is 0. The number of hydrogen-bond acceptors (Lipinski definition) is 3. The van der Waals surface area contributed by atoms with Gasteiger partial charge in [-0.15, -0.1) is 0 Å². The van der Waals surface area contributed by atoms with Gasteiger partial charge in [0.25, 0.3) is 0 Å². The van der Waals surface area contributed by atoms with Gasteiger partial charge in [-0.3, -0.25) is 0 Å². The number of ether oxygens (including phenoxy) is 1. The molecule has 3 rings (SSSR count). The van der Waals surface area contributed by atoms with Gasteiger partial charge in [0, 0.05) is 0 Å². The number of aryl methyl sites for hydroxylation is 1. The molecular weight excluding hydrogens is 216 g/mol. The Morgan fingerprint density at radius 1 is 1.12 bits per heavy atom.